The first-order valence-electron chi connectivity index (χ1n) is 5.68. The summed E-state index contributed by atoms with van der Waals surface area (Å²) in [6.45, 7) is 4.80. The van der Waals surface area contributed by atoms with Gasteiger partial charge in [0.05, 0.1) is 11.4 Å². The van der Waals surface area contributed by atoms with Crippen molar-refractivity contribution in [2.24, 2.45) is 5.92 Å². The van der Waals surface area contributed by atoms with E-state index in [0.29, 0.717) is 26.1 Å². The molecule has 0 amide bonds. The second-order valence-corrected chi connectivity index (χ2v) is 6.56. The van der Waals surface area contributed by atoms with Crippen LogP contribution in [0.25, 0.3) is 0 Å². The van der Waals surface area contributed by atoms with Crippen LogP contribution in [0.4, 0.5) is 0 Å². The summed E-state index contributed by atoms with van der Waals surface area (Å²) in [5, 5.41) is 9.16. The van der Waals surface area contributed by atoms with Crippen molar-refractivity contribution in [1.82, 2.24) is 4.72 Å². The highest BCUT2D eigenvalue weighted by Crippen LogP contribution is 2.14. The molecule has 0 aromatic carbocycles. The molecular formula is C10H21NO4S. The maximum Gasteiger partial charge on any atom is 0.214 e. The molecule has 0 spiro atoms. The summed E-state index contributed by atoms with van der Waals surface area (Å²) in [7, 11) is -3.30. The first kappa shape index (κ1) is 13.9. The molecule has 2 N–H and O–H groups in total. The fourth-order valence-electron chi connectivity index (χ4n) is 1.54. The van der Waals surface area contributed by atoms with Gasteiger partial charge in [0.2, 0.25) is 10.0 Å². The Hall–Kier alpha value is -0.170. The predicted molar refractivity (Wildman–Crippen MR) is 61.6 cm³/mol. The molecule has 0 aromatic rings. The van der Waals surface area contributed by atoms with Gasteiger partial charge in [0.25, 0.3) is 0 Å². The smallest absolute Gasteiger partial charge is 0.214 e. The van der Waals surface area contributed by atoms with Gasteiger partial charge in [0, 0.05) is 19.8 Å². The molecule has 1 saturated heterocycles. The summed E-state index contributed by atoms with van der Waals surface area (Å²) in [5.41, 5.74) is 0. The van der Waals surface area contributed by atoms with Gasteiger partial charge in [0.1, 0.15) is 0 Å². The van der Waals surface area contributed by atoms with Gasteiger partial charge in [-0.05, 0) is 18.8 Å². The largest absolute Gasteiger partial charge is 0.391 e. The van der Waals surface area contributed by atoms with E-state index in [1.54, 1.807) is 0 Å². The predicted octanol–water partition coefficient (Wildman–Crippen LogP) is 0.102. The lowest BCUT2D eigenvalue weighted by molar-refractivity contribution is 0.0977. The minimum Gasteiger partial charge on any atom is -0.391 e. The van der Waals surface area contributed by atoms with Crippen LogP contribution in [0.15, 0.2) is 0 Å². The van der Waals surface area contributed by atoms with Crippen LogP contribution in [-0.2, 0) is 14.8 Å². The Morgan fingerprint density at radius 2 is 1.94 bits per heavy atom. The van der Waals surface area contributed by atoms with Gasteiger partial charge in [-0.1, -0.05) is 13.8 Å². The van der Waals surface area contributed by atoms with Gasteiger partial charge >= 0.3 is 0 Å². The Morgan fingerprint density at radius 1 is 1.38 bits per heavy atom. The van der Waals surface area contributed by atoms with Gasteiger partial charge < -0.3 is 9.84 Å². The molecule has 1 rings (SSSR count). The number of hydrogen-bond donors (Lipinski definition) is 2. The maximum atomic E-state index is 11.8. The Morgan fingerprint density at radius 3 is 2.44 bits per heavy atom. The monoisotopic (exact) mass is 251 g/mol. The van der Waals surface area contributed by atoms with Crippen molar-refractivity contribution in [1.29, 1.82) is 0 Å². The van der Waals surface area contributed by atoms with E-state index >= 15 is 0 Å². The Bertz CT molecular complexity index is 296. The Kier molecular flexibility index (Phi) is 5.17. The number of sulfonamides is 1. The second-order valence-electron chi connectivity index (χ2n) is 4.52. The van der Waals surface area contributed by atoms with Crippen molar-refractivity contribution < 1.29 is 18.3 Å². The summed E-state index contributed by atoms with van der Waals surface area (Å²) in [6, 6.07) is 0. The standard InChI is InChI=1S/C10H21NO4S/c1-8(2)10(12)7-11-16(13,14)9-3-5-15-6-4-9/h8-12H,3-7H2,1-2H3. The fourth-order valence-corrected chi connectivity index (χ4v) is 2.99. The van der Waals surface area contributed by atoms with E-state index in [9.17, 15) is 13.5 Å². The molecule has 16 heavy (non-hydrogen) atoms. The lowest BCUT2D eigenvalue weighted by atomic mass is 10.1. The van der Waals surface area contributed by atoms with Gasteiger partial charge in [0.15, 0.2) is 0 Å². The lowest BCUT2D eigenvalue weighted by Crippen LogP contribution is -2.42. The number of aliphatic hydroxyl groups is 1. The summed E-state index contributed by atoms with van der Waals surface area (Å²) in [6.07, 6.45) is 0.440. The number of nitrogens with one attached hydrogen (secondary N) is 1. The third kappa shape index (κ3) is 4.01. The van der Waals surface area contributed by atoms with Crippen LogP contribution >= 0.6 is 0 Å². The van der Waals surface area contributed by atoms with E-state index in [2.05, 4.69) is 4.72 Å². The van der Waals surface area contributed by atoms with Crippen molar-refractivity contribution in [3.05, 3.63) is 0 Å². The highest BCUT2D eigenvalue weighted by molar-refractivity contribution is 7.90. The Balaban J connectivity index is 2.44. The number of hydrogen-bond acceptors (Lipinski definition) is 4. The average Bonchev–Trinajstić information content (AvgIpc) is 2.27. The quantitative estimate of drug-likeness (QED) is 0.727. The maximum absolute atomic E-state index is 11.8. The molecule has 1 atom stereocenters. The molecule has 1 unspecified atom stereocenters. The summed E-state index contributed by atoms with van der Waals surface area (Å²) in [4.78, 5) is 0. The molecule has 0 radical (unpaired) electrons. The van der Waals surface area contributed by atoms with Crippen LogP contribution < -0.4 is 4.72 Å². The zero-order chi connectivity index (χ0) is 12.2. The molecule has 6 heteroatoms. The second kappa shape index (κ2) is 5.95. The SMILES string of the molecule is CC(C)C(O)CNS(=O)(=O)C1CCOCC1. The minimum absolute atomic E-state index is 0.0531. The van der Waals surface area contributed by atoms with Crippen LogP contribution in [0.5, 0.6) is 0 Å². The molecule has 1 aliphatic heterocycles. The zero-order valence-corrected chi connectivity index (χ0v) is 10.7. The van der Waals surface area contributed by atoms with Crippen molar-refractivity contribution in [3.8, 4) is 0 Å². The van der Waals surface area contributed by atoms with Crippen LogP contribution in [0.2, 0.25) is 0 Å². The highest BCUT2D eigenvalue weighted by atomic mass is 32.2. The van der Waals surface area contributed by atoms with Crippen molar-refractivity contribution in [2.45, 2.75) is 38.0 Å². The van der Waals surface area contributed by atoms with Gasteiger partial charge in [-0.2, -0.15) is 0 Å². The van der Waals surface area contributed by atoms with E-state index in [-0.39, 0.29) is 17.7 Å². The topological polar surface area (TPSA) is 75.6 Å². The molecule has 1 aliphatic rings. The first-order valence-corrected chi connectivity index (χ1v) is 7.22. The zero-order valence-electron chi connectivity index (χ0n) is 9.85. The fraction of sp³-hybridized carbons (Fsp3) is 1.00. The van der Waals surface area contributed by atoms with Gasteiger partial charge in [-0.3, -0.25) is 0 Å². The molecule has 0 bridgehead atoms. The van der Waals surface area contributed by atoms with E-state index in [1.165, 1.54) is 0 Å². The van der Waals surface area contributed by atoms with Crippen molar-refractivity contribution >= 4 is 10.0 Å². The molecule has 0 aliphatic carbocycles. The van der Waals surface area contributed by atoms with E-state index in [1.807, 2.05) is 13.8 Å². The number of rotatable bonds is 5. The van der Waals surface area contributed by atoms with Crippen molar-refractivity contribution in [3.63, 3.8) is 0 Å². The van der Waals surface area contributed by atoms with Gasteiger partial charge in [-0.15, -0.1) is 0 Å². The molecule has 1 heterocycles. The highest BCUT2D eigenvalue weighted by Gasteiger charge is 2.28. The molecular weight excluding hydrogens is 230 g/mol. The van der Waals surface area contributed by atoms with Gasteiger partial charge in [-0.25, -0.2) is 13.1 Å². The summed E-state index contributed by atoms with van der Waals surface area (Å²) < 4.78 is 31.3. The average molecular weight is 251 g/mol. The van der Waals surface area contributed by atoms with E-state index < -0.39 is 16.1 Å². The number of ether oxygens (including phenoxy) is 1. The van der Waals surface area contributed by atoms with Crippen LogP contribution in [0, 0.1) is 5.92 Å². The van der Waals surface area contributed by atoms with Crippen LogP contribution in [0.3, 0.4) is 0 Å². The van der Waals surface area contributed by atoms with Crippen LogP contribution in [0.1, 0.15) is 26.7 Å². The molecule has 5 nitrogen and oxygen atoms in total. The minimum atomic E-state index is -3.30. The molecule has 0 aromatic heterocycles. The Labute approximate surface area is 97.2 Å². The molecule has 96 valence electrons. The third-order valence-electron chi connectivity index (χ3n) is 2.87. The summed E-state index contributed by atoms with van der Waals surface area (Å²) >= 11 is 0. The lowest BCUT2D eigenvalue weighted by Gasteiger charge is -2.23. The van der Waals surface area contributed by atoms with E-state index in [4.69, 9.17) is 4.74 Å². The first-order chi connectivity index (χ1) is 7.43. The van der Waals surface area contributed by atoms with E-state index in [0.717, 1.165) is 0 Å². The van der Waals surface area contributed by atoms with Crippen LogP contribution in [-0.4, -0.2) is 44.6 Å². The number of aliphatic hydroxyl groups excluding tert-OH is 1. The normalized spacial score (nSPS) is 21.2. The van der Waals surface area contributed by atoms with Crippen molar-refractivity contribution in [2.75, 3.05) is 19.8 Å². The molecule has 0 saturated carbocycles. The summed E-state index contributed by atoms with van der Waals surface area (Å²) in [5.74, 6) is 0.0531. The molecule has 1 fully saturated rings. The third-order valence-corrected chi connectivity index (χ3v) is 4.79.